The molecule has 0 aliphatic carbocycles. The van der Waals surface area contributed by atoms with Crippen LogP contribution < -0.4 is 0 Å². The molecule has 0 unspecified atom stereocenters. The first kappa shape index (κ1) is 14.3. The number of imidazole rings is 1. The Bertz CT molecular complexity index is 605. The summed E-state index contributed by atoms with van der Waals surface area (Å²) in [7, 11) is 1.73. The van der Waals surface area contributed by atoms with E-state index >= 15 is 0 Å². The normalized spacial score (nSPS) is 18.9. The summed E-state index contributed by atoms with van der Waals surface area (Å²) in [5.74, 6) is 1.99. The van der Waals surface area contributed by atoms with Crippen molar-refractivity contribution in [1.29, 1.82) is 0 Å². The molecule has 3 rings (SSSR count). The third kappa shape index (κ3) is 2.87. The van der Waals surface area contributed by atoms with E-state index in [9.17, 15) is 0 Å². The van der Waals surface area contributed by atoms with Gasteiger partial charge in [0.05, 0.1) is 18.3 Å². The molecular formula is C15H22N4O2. The Morgan fingerprint density at radius 1 is 1.43 bits per heavy atom. The van der Waals surface area contributed by atoms with Gasteiger partial charge < -0.3 is 13.8 Å². The summed E-state index contributed by atoms with van der Waals surface area (Å²) in [5, 5.41) is 4.09. The third-order valence-corrected chi connectivity index (χ3v) is 4.11. The minimum Gasteiger partial charge on any atom is -0.384 e. The summed E-state index contributed by atoms with van der Waals surface area (Å²) < 4.78 is 12.6. The molecular weight excluding hydrogens is 268 g/mol. The lowest BCUT2D eigenvalue weighted by Crippen LogP contribution is -2.37. The molecule has 0 fully saturated rings. The van der Waals surface area contributed by atoms with Crippen LogP contribution in [-0.2, 0) is 24.2 Å². The van der Waals surface area contributed by atoms with Gasteiger partial charge in [0.2, 0.25) is 0 Å². The lowest BCUT2D eigenvalue weighted by molar-refractivity contribution is 0.149. The predicted molar refractivity (Wildman–Crippen MR) is 77.9 cm³/mol. The zero-order valence-corrected chi connectivity index (χ0v) is 12.9. The Balaban J connectivity index is 1.73. The van der Waals surface area contributed by atoms with E-state index in [1.807, 2.05) is 19.2 Å². The number of rotatable bonds is 5. The highest BCUT2D eigenvalue weighted by molar-refractivity contribution is 5.12. The van der Waals surface area contributed by atoms with Gasteiger partial charge in [0.15, 0.2) is 0 Å². The molecule has 0 N–H and O–H groups in total. The fourth-order valence-corrected chi connectivity index (χ4v) is 2.93. The first-order valence-electron chi connectivity index (χ1n) is 7.38. The molecule has 0 saturated carbocycles. The molecule has 0 spiro atoms. The van der Waals surface area contributed by atoms with E-state index in [4.69, 9.17) is 9.26 Å². The Hall–Kier alpha value is -1.66. The second-order valence-corrected chi connectivity index (χ2v) is 5.58. The average Bonchev–Trinajstić information content (AvgIpc) is 3.06. The minimum absolute atomic E-state index is 0.284. The van der Waals surface area contributed by atoms with Crippen LogP contribution in [0.2, 0.25) is 0 Å². The summed E-state index contributed by atoms with van der Waals surface area (Å²) in [4.78, 5) is 7.00. The van der Waals surface area contributed by atoms with E-state index in [2.05, 4.69) is 26.5 Å². The minimum atomic E-state index is 0.284. The molecule has 1 atom stereocenters. The van der Waals surface area contributed by atoms with Crippen LogP contribution in [0.5, 0.6) is 0 Å². The molecule has 1 aliphatic rings. The zero-order valence-electron chi connectivity index (χ0n) is 12.9. The van der Waals surface area contributed by atoms with E-state index in [1.54, 1.807) is 7.11 Å². The fraction of sp³-hybridized carbons (Fsp3) is 0.600. The summed E-state index contributed by atoms with van der Waals surface area (Å²) in [6, 6.07) is 2.28. The molecule has 0 aromatic carbocycles. The van der Waals surface area contributed by atoms with Crippen molar-refractivity contribution >= 4 is 0 Å². The standard InChI is InChI=1S/C15H22N4O2/c1-11-8-13(17-21-11)10-18-5-6-19-14(4-7-20-3)9-16-15(19)12(18)2/h8-9,12H,4-7,10H2,1-3H3/t12-/m1/s1. The largest absolute Gasteiger partial charge is 0.384 e. The van der Waals surface area contributed by atoms with E-state index in [1.165, 1.54) is 5.69 Å². The number of methoxy groups -OCH3 is 1. The quantitative estimate of drug-likeness (QED) is 0.842. The van der Waals surface area contributed by atoms with Crippen molar-refractivity contribution in [3.05, 3.63) is 35.2 Å². The summed E-state index contributed by atoms with van der Waals surface area (Å²) in [5.41, 5.74) is 2.24. The van der Waals surface area contributed by atoms with Crippen LogP contribution in [0.25, 0.3) is 0 Å². The highest BCUT2D eigenvalue weighted by Crippen LogP contribution is 2.26. The van der Waals surface area contributed by atoms with Crippen molar-refractivity contribution in [1.82, 2.24) is 19.6 Å². The molecule has 21 heavy (non-hydrogen) atoms. The monoisotopic (exact) mass is 290 g/mol. The maximum Gasteiger partial charge on any atom is 0.133 e. The van der Waals surface area contributed by atoms with Crippen molar-refractivity contribution < 1.29 is 9.26 Å². The van der Waals surface area contributed by atoms with Crippen molar-refractivity contribution in [2.24, 2.45) is 0 Å². The molecule has 0 bridgehead atoms. The lowest BCUT2D eigenvalue weighted by atomic mass is 10.2. The molecule has 1 aliphatic heterocycles. The zero-order chi connectivity index (χ0) is 14.8. The number of ether oxygens (including phenoxy) is 1. The highest BCUT2D eigenvalue weighted by Gasteiger charge is 2.27. The molecule has 6 nitrogen and oxygen atoms in total. The smallest absolute Gasteiger partial charge is 0.133 e. The second kappa shape index (κ2) is 5.99. The number of hydrogen-bond acceptors (Lipinski definition) is 5. The van der Waals surface area contributed by atoms with Crippen LogP contribution in [0.1, 0.15) is 35.9 Å². The number of nitrogens with zero attached hydrogens (tertiary/aromatic N) is 4. The number of aryl methyl sites for hydroxylation is 1. The van der Waals surface area contributed by atoms with Crippen LogP contribution in [0, 0.1) is 6.92 Å². The van der Waals surface area contributed by atoms with Gasteiger partial charge in [0, 0.05) is 51.1 Å². The van der Waals surface area contributed by atoms with Crippen molar-refractivity contribution in [3.8, 4) is 0 Å². The first-order valence-corrected chi connectivity index (χ1v) is 7.38. The van der Waals surface area contributed by atoms with Crippen LogP contribution >= 0.6 is 0 Å². The molecule has 3 heterocycles. The summed E-state index contributed by atoms with van der Waals surface area (Å²) in [6.45, 7) is 7.63. The summed E-state index contributed by atoms with van der Waals surface area (Å²) in [6.07, 6.45) is 2.90. The van der Waals surface area contributed by atoms with E-state index in [0.29, 0.717) is 0 Å². The highest BCUT2D eigenvalue weighted by atomic mass is 16.5. The maximum absolute atomic E-state index is 5.17. The first-order chi connectivity index (χ1) is 10.2. The van der Waals surface area contributed by atoms with Gasteiger partial charge in [-0.2, -0.15) is 0 Å². The fourth-order valence-electron chi connectivity index (χ4n) is 2.93. The molecule has 114 valence electrons. The third-order valence-electron chi connectivity index (χ3n) is 4.11. The molecule has 0 amide bonds. The van der Waals surface area contributed by atoms with Crippen molar-refractivity contribution in [2.45, 2.75) is 39.4 Å². The van der Waals surface area contributed by atoms with Crippen LogP contribution in [-0.4, -0.2) is 39.9 Å². The molecule has 2 aromatic heterocycles. The Labute approximate surface area is 124 Å². The topological polar surface area (TPSA) is 56.3 Å². The van der Waals surface area contributed by atoms with Crippen LogP contribution in [0.4, 0.5) is 0 Å². The maximum atomic E-state index is 5.17. The van der Waals surface area contributed by atoms with E-state index in [0.717, 1.165) is 49.9 Å². The molecule has 2 aromatic rings. The molecule has 0 radical (unpaired) electrons. The Morgan fingerprint density at radius 2 is 2.29 bits per heavy atom. The summed E-state index contributed by atoms with van der Waals surface area (Å²) >= 11 is 0. The van der Waals surface area contributed by atoms with Gasteiger partial charge in [-0.15, -0.1) is 0 Å². The second-order valence-electron chi connectivity index (χ2n) is 5.58. The van der Waals surface area contributed by atoms with Gasteiger partial charge in [0.25, 0.3) is 0 Å². The Morgan fingerprint density at radius 3 is 3.00 bits per heavy atom. The van der Waals surface area contributed by atoms with E-state index in [-0.39, 0.29) is 6.04 Å². The van der Waals surface area contributed by atoms with Gasteiger partial charge in [0.1, 0.15) is 11.6 Å². The number of aromatic nitrogens is 3. The van der Waals surface area contributed by atoms with Gasteiger partial charge in [-0.3, -0.25) is 4.90 Å². The van der Waals surface area contributed by atoms with Gasteiger partial charge >= 0.3 is 0 Å². The number of fused-ring (bicyclic) bond motifs is 1. The average molecular weight is 290 g/mol. The van der Waals surface area contributed by atoms with Gasteiger partial charge in [-0.25, -0.2) is 4.98 Å². The molecule has 6 heteroatoms. The van der Waals surface area contributed by atoms with Crippen molar-refractivity contribution in [2.75, 3.05) is 20.3 Å². The Kier molecular flexibility index (Phi) is 4.07. The molecule has 0 saturated heterocycles. The SMILES string of the molecule is COCCc1cnc2n1CCN(Cc1cc(C)on1)[C@@H]2C. The van der Waals surface area contributed by atoms with Crippen LogP contribution in [0.15, 0.2) is 16.8 Å². The van der Waals surface area contributed by atoms with Crippen LogP contribution in [0.3, 0.4) is 0 Å². The number of hydrogen-bond donors (Lipinski definition) is 0. The van der Waals surface area contributed by atoms with Gasteiger partial charge in [-0.05, 0) is 13.8 Å². The van der Waals surface area contributed by atoms with E-state index < -0.39 is 0 Å². The van der Waals surface area contributed by atoms with Crippen molar-refractivity contribution in [3.63, 3.8) is 0 Å². The van der Waals surface area contributed by atoms with Gasteiger partial charge in [-0.1, -0.05) is 5.16 Å². The predicted octanol–water partition coefficient (Wildman–Crippen LogP) is 1.95. The lowest BCUT2D eigenvalue weighted by Gasteiger charge is -2.33.